The number of nitrogens with zero attached hydrogens (tertiary/aromatic N) is 5. The van der Waals surface area contributed by atoms with Crippen LogP contribution < -0.4 is 15.2 Å². The lowest BCUT2D eigenvalue weighted by atomic mass is 10.1. The molecule has 1 aliphatic heterocycles. The van der Waals surface area contributed by atoms with Gasteiger partial charge in [-0.25, -0.2) is 9.97 Å². The number of rotatable bonds is 5. The van der Waals surface area contributed by atoms with Crippen molar-refractivity contribution in [2.75, 3.05) is 38.2 Å². The number of methoxy groups -OCH3 is 1. The minimum Gasteiger partial charge on any atom is -0.497 e. The first-order valence-corrected chi connectivity index (χ1v) is 10.5. The molecule has 0 unspecified atom stereocenters. The summed E-state index contributed by atoms with van der Waals surface area (Å²) in [6.45, 7) is 1.44. The van der Waals surface area contributed by atoms with Crippen molar-refractivity contribution in [2.45, 2.75) is 12.7 Å². The van der Waals surface area contributed by atoms with E-state index >= 15 is 0 Å². The second kappa shape index (κ2) is 9.54. The predicted molar refractivity (Wildman–Crippen MR) is 119 cm³/mol. The average molecular weight is 473 g/mol. The number of pyridine rings is 1. The van der Waals surface area contributed by atoms with Crippen LogP contribution in [-0.2, 0) is 17.5 Å². The van der Waals surface area contributed by atoms with Gasteiger partial charge in [-0.15, -0.1) is 0 Å². The smallest absolute Gasteiger partial charge is 0.417 e. The van der Waals surface area contributed by atoms with E-state index in [9.17, 15) is 22.8 Å². The average Bonchev–Trinajstić information content (AvgIpc) is 2.85. The lowest BCUT2D eigenvalue weighted by Crippen LogP contribution is -2.50. The molecule has 0 atom stereocenters. The van der Waals surface area contributed by atoms with Crippen molar-refractivity contribution in [1.29, 1.82) is 0 Å². The highest BCUT2D eigenvalue weighted by Crippen LogP contribution is 2.29. The van der Waals surface area contributed by atoms with Crippen LogP contribution in [0.2, 0.25) is 0 Å². The number of alkyl halides is 3. The zero-order valence-electron chi connectivity index (χ0n) is 18.3. The van der Waals surface area contributed by atoms with Gasteiger partial charge in [-0.3, -0.25) is 14.2 Å². The third-order valence-electron chi connectivity index (χ3n) is 5.60. The maximum Gasteiger partial charge on any atom is 0.417 e. The summed E-state index contributed by atoms with van der Waals surface area (Å²) in [5.74, 6) is 0.882. The monoisotopic (exact) mass is 473 g/mol. The summed E-state index contributed by atoms with van der Waals surface area (Å²) in [4.78, 5) is 36.9. The number of anilines is 1. The molecule has 3 heterocycles. The summed E-state index contributed by atoms with van der Waals surface area (Å²) in [6, 6.07) is 10.8. The number of carbonyl (C=O) groups is 1. The Kier molecular flexibility index (Phi) is 6.53. The molecule has 1 fully saturated rings. The van der Waals surface area contributed by atoms with Gasteiger partial charge in [0.2, 0.25) is 5.91 Å². The van der Waals surface area contributed by atoms with Crippen LogP contribution >= 0.6 is 0 Å². The largest absolute Gasteiger partial charge is 0.497 e. The number of carbonyl (C=O) groups excluding carboxylic acids is 1. The molecule has 0 bridgehead atoms. The summed E-state index contributed by atoms with van der Waals surface area (Å²) in [5.41, 5.74) is 0.0993. The van der Waals surface area contributed by atoms with Crippen molar-refractivity contribution in [2.24, 2.45) is 0 Å². The first-order chi connectivity index (χ1) is 16.2. The second-order valence-electron chi connectivity index (χ2n) is 7.74. The van der Waals surface area contributed by atoms with E-state index in [1.54, 1.807) is 36.3 Å². The van der Waals surface area contributed by atoms with Crippen LogP contribution in [0, 0.1) is 0 Å². The van der Waals surface area contributed by atoms with E-state index in [4.69, 9.17) is 4.74 Å². The molecule has 34 heavy (non-hydrogen) atoms. The molecule has 4 rings (SSSR count). The van der Waals surface area contributed by atoms with Crippen molar-refractivity contribution in [3.63, 3.8) is 0 Å². The third-order valence-corrected chi connectivity index (χ3v) is 5.60. The molecule has 1 aromatic carbocycles. The minimum atomic E-state index is -4.43. The van der Waals surface area contributed by atoms with Crippen LogP contribution in [-0.4, -0.2) is 58.6 Å². The Hall–Kier alpha value is -3.89. The Bertz CT molecular complexity index is 1200. The Labute approximate surface area is 193 Å². The van der Waals surface area contributed by atoms with E-state index in [2.05, 4.69) is 9.97 Å². The molecule has 1 aliphatic rings. The Balaban J connectivity index is 1.35. The summed E-state index contributed by atoms with van der Waals surface area (Å²) in [5, 5.41) is 0. The molecule has 0 radical (unpaired) electrons. The second-order valence-corrected chi connectivity index (χ2v) is 7.74. The quantitative estimate of drug-likeness (QED) is 0.567. The molecule has 0 N–H and O–H groups in total. The Morgan fingerprint density at radius 1 is 1.03 bits per heavy atom. The van der Waals surface area contributed by atoms with Crippen molar-refractivity contribution in [3.05, 3.63) is 70.9 Å². The molecule has 1 amide bonds. The van der Waals surface area contributed by atoms with Gasteiger partial charge < -0.3 is 14.5 Å². The molecule has 11 heteroatoms. The highest BCUT2D eigenvalue weighted by molar-refractivity contribution is 5.76. The number of aromatic nitrogens is 3. The van der Waals surface area contributed by atoms with Gasteiger partial charge in [-0.2, -0.15) is 13.2 Å². The van der Waals surface area contributed by atoms with Gasteiger partial charge in [0.1, 0.15) is 18.1 Å². The van der Waals surface area contributed by atoms with E-state index in [0.717, 1.165) is 17.8 Å². The molecule has 1 saturated heterocycles. The van der Waals surface area contributed by atoms with Gasteiger partial charge in [0.15, 0.2) is 0 Å². The highest BCUT2D eigenvalue weighted by Gasteiger charge is 2.31. The number of benzene rings is 1. The SMILES string of the molecule is COc1ccc(-c2cc(=O)n(CC(=O)N3CCN(c4ccc(C(F)(F)F)cn4)CC3)cn2)cc1. The molecular formula is C23H22F3N5O3. The summed E-state index contributed by atoms with van der Waals surface area (Å²) in [6.07, 6.45) is -2.28. The van der Waals surface area contributed by atoms with E-state index in [-0.39, 0.29) is 18.0 Å². The standard InChI is InChI=1S/C23H22F3N5O3/c1-34-18-5-2-16(3-6-18)19-12-21(32)31(15-28-19)14-22(33)30-10-8-29(9-11-30)20-7-4-17(13-27-20)23(24,25)26/h2-7,12-13,15H,8-11,14H2,1H3. The predicted octanol–water partition coefficient (Wildman–Crippen LogP) is 2.68. The molecular weight excluding hydrogens is 451 g/mol. The Morgan fingerprint density at radius 2 is 1.74 bits per heavy atom. The number of hydrogen-bond acceptors (Lipinski definition) is 6. The van der Waals surface area contributed by atoms with Crippen LogP contribution in [0.5, 0.6) is 5.75 Å². The number of amides is 1. The molecule has 0 spiro atoms. The maximum atomic E-state index is 12.7. The first kappa shape index (κ1) is 23.3. The summed E-state index contributed by atoms with van der Waals surface area (Å²) in [7, 11) is 1.57. The molecule has 0 saturated carbocycles. The van der Waals surface area contributed by atoms with Crippen LogP contribution in [0.3, 0.4) is 0 Å². The molecule has 3 aromatic rings. The van der Waals surface area contributed by atoms with Gasteiger partial charge in [-0.1, -0.05) is 0 Å². The number of halogens is 3. The zero-order chi connectivity index (χ0) is 24.3. The molecule has 178 valence electrons. The molecule has 0 aliphatic carbocycles. The fourth-order valence-electron chi connectivity index (χ4n) is 3.64. The number of ether oxygens (including phenoxy) is 1. The lowest BCUT2D eigenvalue weighted by molar-refractivity contribution is -0.138. The van der Waals surface area contributed by atoms with E-state index in [1.807, 2.05) is 4.90 Å². The van der Waals surface area contributed by atoms with Crippen LogP contribution in [0.15, 0.2) is 59.8 Å². The van der Waals surface area contributed by atoms with E-state index in [1.165, 1.54) is 23.0 Å². The van der Waals surface area contributed by atoms with Gasteiger partial charge in [0, 0.05) is 44.0 Å². The Morgan fingerprint density at radius 3 is 2.29 bits per heavy atom. The van der Waals surface area contributed by atoms with Crippen LogP contribution in [0.25, 0.3) is 11.3 Å². The summed E-state index contributed by atoms with van der Waals surface area (Å²) < 4.78 is 44.5. The summed E-state index contributed by atoms with van der Waals surface area (Å²) >= 11 is 0. The normalized spacial score (nSPS) is 14.2. The van der Waals surface area contributed by atoms with Gasteiger partial charge in [0.25, 0.3) is 5.56 Å². The van der Waals surface area contributed by atoms with Gasteiger partial charge in [-0.05, 0) is 36.4 Å². The van der Waals surface area contributed by atoms with Gasteiger partial charge in [0.05, 0.1) is 24.7 Å². The molecule has 2 aromatic heterocycles. The van der Waals surface area contributed by atoms with Crippen molar-refractivity contribution in [3.8, 4) is 17.0 Å². The lowest BCUT2D eigenvalue weighted by Gasteiger charge is -2.35. The number of hydrogen-bond donors (Lipinski definition) is 0. The topological polar surface area (TPSA) is 80.6 Å². The van der Waals surface area contributed by atoms with E-state index < -0.39 is 11.7 Å². The number of piperazine rings is 1. The fraction of sp³-hybridized carbons (Fsp3) is 0.304. The van der Waals surface area contributed by atoms with Crippen molar-refractivity contribution in [1.82, 2.24) is 19.4 Å². The highest BCUT2D eigenvalue weighted by atomic mass is 19.4. The fourth-order valence-corrected chi connectivity index (χ4v) is 3.64. The minimum absolute atomic E-state index is 0.146. The van der Waals surface area contributed by atoms with Crippen molar-refractivity contribution >= 4 is 11.7 Å². The van der Waals surface area contributed by atoms with Crippen LogP contribution in [0.4, 0.5) is 19.0 Å². The molecule has 8 nitrogen and oxygen atoms in total. The van der Waals surface area contributed by atoms with Gasteiger partial charge >= 0.3 is 6.18 Å². The zero-order valence-corrected chi connectivity index (χ0v) is 18.3. The van der Waals surface area contributed by atoms with Crippen LogP contribution in [0.1, 0.15) is 5.56 Å². The van der Waals surface area contributed by atoms with E-state index in [0.29, 0.717) is 43.4 Å². The third kappa shape index (κ3) is 5.19. The maximum absolute atomic E-state index is 12.7. The van der Waals surface area contributed by atoms with Crippen molar-refractivity contribution < 1.29 is 22.7 Å². The first-order valence-electron chi connectivity index (χ1n) is 10.5.